The van der Waals surface area contributed by atoms with E-state index in [9.17, 15) is 13.6 Å². The molecule has 2 heterocycles. The number of rotatable bonds is 9. The first-order valence-corrected chi connectivity index (χ1v) is 13.1. The zero-order valence-corrected chi connectivity index (χ0v) is 21.3. The first kappa shape index (κ1) is 25.1. The Morgan fingerprint density at radius 3 is 2.57 bits per heavy atom. The molecule has 37 heavy (non-hydrogen) atoms. The molecular formula is C31H32F2N2O2. The topological polar surface area (TPSA) is 44.1 Å². The predicted molar refractivity (Wildman–Crippen MR) is 141 cm³/mol. The average Bonchev–Trinajstić information content (AvgIpc) is 3.51. The summed E-state index contributed by atoms with van der Waals surface area (Å²) in [5.41, 5.74) is 4.10. The van der Waals surface area contributed by atoms with E-state index in [1.165, 1.54) is 25.0 Å². The molecule has 0 aliphatic heterocycles. The molecule has 1 aliphatic carbocycles. The maximum Gasteiger partial charge on any atom is 0.165 e. The van der Waals surface area contributed by atoms with Gasteiger partial charge in [0.1, 0.15) is 5.75 Å². The fourth-order valence-electron chi connectivity index (χ4n) is 5.42. The number of Topliss-reactive ketones (excluding diaryl/α,β-unsaturated/α-hetero) is 1. The number of carbonyl (C=O) groups excluding carboxylic acids is 1. The number of ketones is 1. The predicted octanol–water partition coefficient (Wildman–Crippen LogP) is 7.62. The highest BCUT2D eigenvalue weighted by Crippen LogP contribution is 2.36. The Labute approximate surface area is 216 Å². The van der Waals surface area contributed by atoms with E-state index in [2.05, 4.69) is 29.5 Å². The number of ether oxygens (including phenoxy) is 1. The fourth-order valence-corrected chi connectivity index (χ4v) is 5.42. The molecule has 6 heteroatoms. The highest BCUT2D eigenvalue weighted by molar-refractivity contribution is 6.10. The molecule has 4 aromatic rings. The standard InChI is InChI=1S/C31H32F2N2O2/c1-20(2)31-30(29(36)15-11-21-10-14-26(32)27(33)17-21)25-13-12-24(37-23-8-3-4-9-23)18-28(25)35(31)19-22-7-5-6-16-34-22/h5-7,10,12-14,16-18,20,23H,3-4,8-9,11,15,19H2,1-2H3. The second-order valence-corrected chi connectivity index (χ2v) is 10.2. The number of carbonyl (C=O) groups is 1. The maximum absolute atomic E-state index is 13.7. The molecule has 0 radical (unpaired) electrons. The Bertz CT molecular complexity index is 1410. The van der Waals surface area contributed by atoms with Crippen molar-refractivity contribution in [2.24, 2.45) is 0 Å². The van der Waals surface area contributed by atoms with Crippen LogP contribution in [0.25, 0.3) is 10.9 Å². The summed E-state index contributed by atoms with van der Waals surface area (Å²) in [7, 11) is 0. The minimum Gasteiger partial charge on any atom is -0.490 e. The molecule has 1 saturated carbocycles. The number of hydrogen-bond acceptors (Lipinski definition) is 3. The summed E-state index contributed by atoms with van der Waals surface area (Å²) in [6.45, 7) is 4.71. The molecule has 0 unspecified atom stereocenters. The lowest BCUT2D eigenvalue weighted by atomic mass is 9.96. The number of pyridine rings is 1. The van der Waals surface area contributed by atoms with Gasteiger partial charge in [-0.2, -0.15) is 0 Å². The molecule has 192 valence electrons. The Balaban J connectivity index is 1.55. The molecule has 2 aromatic carbocycles. The van der Waals surface area contributed by atoms with E-state index in [-0.39, 0.29) is 24.2 Å². The van der Waals surface area contributed by atoms with Gasteiger partial charge in [0.25, 0.3) is 0 Å². The van der Waals surface area contributed by atoms with E-state index in [1.54, 1.807) is 6.20 Å². The van der Waals surface area contributed by atoms with Gasteiger partial charge in [0.15, 0.2) is 17.4 Å². The summed E-state index contributed by atoms with van der Waals surface area (Å²) in [5, 5.41) is 0.883. The molecule has 1 aliphatic rings. The minimum absolute atomic E-state index is 0.0114. The van der Waals surface area contributed by atoms with Gasteiger partial charge in [-0.25, -0.2) is 8.78 Å². The number of nitrogens with zero attached hydrogens (tertiary/aromatic N) is 2. The van der Waals surface area contributed by atoms with Crippen LogP contribution in [0, 0.1) is 11.6 Å². The van der Waals surface area contributed by atoms with Crippen molar-refractivity contribution in [3.8, 4) is 5.75 Å². The van der Waals surface area contributed by atoms with Gasteiger partial charge in [-0.1, -0.05) is 26.0 Å². The third-order valence-electron chi connectivity index (χ3n) is 7.18. The molecule has 0 bridgehead atoms. The van der Waals surface area contributed by atoms with Crippen LogP contribution in [0.15, 0.2) is 60.8 Å². The summed E-state index contributed by atoms with van der Waals surface area (Å²) in [6.07, 6.45) is 7.07. The van der Waals surface area contributed by atoms with Crippen molar-refractivity contribution < 1.29 is 18.3 Å². The van der Waals surface area contributed by atoms with Crippen LogP contribution in [0.1, 0.15) is 79.2 Å². The quantitative estimate of drug-likeness (QED) is 0.221. The van der Waals surface area contributed by atoms with Crippen LogP contribution in [0.2, 0.25) is 0 Å². The fraction of sp³-hybridized carbons (Fsp3) is 0.355. The number of aryl methyl sites for hydroxylation is 1. The second-order valence-electron chi connectivity index (χ2n) is 10.2. The van der Waals surface area contributed by atoms with Gasteiger partial charge in [-0.15, -0.1) is 0 Å². The Hall–Kier alpha value is -3.54. The summed E-state index contributed by atoms with van der Waals surface area (Å²) >= 11 is 0. The van der Waals surface area contributed by atoms with Crippen LogP contribution in [-0.2, 0) is 13.0 Å². The van der Waals surface area contributed by atoms with E-state index in [1.807, 2.05) is 30.3 Å². The van der Waals surface area contributed by atoms with Crippen LogP contribution < -0.4 is 4.74 Å². The molecule has 0 atom stereocenters. The van der Waals surface area contributed by atoms with Gasteiger partial charge in [0.2, 0.25) is 0 Å². The van der Waals surface area contributed by atoms with E-state index in [0.29, 0.717) is 24.1 Å². The van der Waals surface area contributed by atoms with Crippen LogP contribution in [0.4, 0.5) is 8.78 Å². The van der Waals surface area contributed by atoms with Crippen molar-refractivity contribution in [1.29, 1.82) is 0 Å². The van der Waals surface area contributed by atoms with Crippen molar-refractivity contribution in [1.82, 2.24) is 9.55 Å². The Morgan fingerprint density at radius 2 is 1.86 bits per heavy atom. The van der Waals surface area contributed by atoms with E-state index in [4.69, 9.17) is 4.74 Å². The van der Waals surface area contributed by atoms with Crippen molar-refractivity contribution in [2.75, 3.05) is 0 Å². The maximum atomic E-state index is 13.7. The number of benzene rings is 2. The molecule has 0 N–H and O–H groups in total. The zero-order valence-electron chi connectivity index (χ0n) is 21.3. The van der Waals surface area contributed by atoms with E-state index in [0.717, 1.165) is 46.9 Å². The van der Waals surface area contributed by atoms with Crippen LogP contribution in [0.3, 0.4) is 0 Å². The third-order valence-corrected chi connectivity index (χ3v) is 7.18. The number of aromatic nitrogens is 2. The molecule has 0 spiro atoms. The molecule has 4 nitrogen and oxygen atoms in total. The summed E-state index contributed by atoms with van der Waals surface area (Å²) in [4.78, 5) is 18.2. The molecule has 1 fully saturated rings. The largest absolute Gasteiger partial charge is 0.490 e. The van der Waals surface area contributed by atoms with Gasteiger partial charge in [-0.05, 0) is 80.0 Å². The van der Waals surface area contributed by atoms with Crippen LogP contribution >= 0.6 is 0 Å². The van der Waals surface area contributed by atoms with Crippen LogP contribution in [-0.4, -0.2) is 21.4 Å². The normalized spacial score (nSPS) is 14.1. The van der Waals surface area contributed by atoms with Gasteiger partial charge < -0.3 is 9.30 Å². The van der Waals surface area contributed by atoms with E-state index >= 15 is 0 Å². The molecule has 2 aromatic heterocycles. The lowest BCUT2D eigenvalue weighted by Crippen LogP contribution is -2.12. The lowest BCUT2D eigenvalue weighted by molar-refractivity contribution is 0.0982. The Kier molecular flexibility index (Phi) is 7.36. The van der Waals surface area contributed by atoms with Crippen molar-refractivity contribution >= 4 is 16.7 Å². The Morgan fingerprint density at radius 1 is 1.05 bits per heavy atom. The highest BCUT2D eigenvalue weighted by atomic mass is 19.2. The van der Waals surface area contributed by atoms with Gasteiger partial charge in [0.05, 0.1) is 23.9 Å². The second kappa shape index (κ2) is 10.8. The molecular weight excluding hydrogens is 470 g/mol. The number of fused-ring (bicyclic) bond motifs is 1. The molecule has 0 amide bonds. The van der Waals surface area contributed by atoms with Crippen molar-refractivity contribution in [3.05, 3.63) is 94.9 Å². The number of hydrogen-bond donors (Lipinski definition) is 0. The van der Waals surface area contributed by atoms with E-state index < -0.39 is 11.6 Å². The third kappa shape index (κ3) is 5.43. The smallest absolute Gasteiger partial charge is 0.165 e. The first-order valence-electron chi connectivity index (χ1n) is 13.1. The lowest BCUT2D eigenvalue weighted by Gasteiger charge is -2.16. The zero-order chi connectivity index (χ0) is 25.9. The average molecular weight is 503 g/mol. The van der Waals surface area contributed by atoms with Crippen molar-refractivity contribution in [3.63, 3.8) is 0 Å². The van der Waals surface area contributed by atoms with Gasteiger partial charge in [-0.3, -0.25) is 9.78 Å². The first-order chi connectivity index (χ1) is 17.9. The number of halogens is 2. The summed E-state index contributed by atoms with van der Waals surface area (Å²) in [6, 6.07) is 15.7. The van der Waals surface area contributed by atoms with Gasteiger partial charge in [0, 0.05) is 35.3 Å². The SMILES string of the molecule is CC(C)c1c(C(=O)CCc2ccc(F)c(F)c2)c2ccc(OC3CCCC3)cc2n1Cc1ccccn1. The van der Waals surface area contributed by atoms with Crippen LogP contribution in [0.5, 0.6) is 5.75 Å². The summed E-state index contributed by atoms with van der Waals surface area (Å²) in [5.74, 6) is -0.893. The molecule has 0 saturated heterocycles. The summed E-state index contributed by atoms with van der Waals surface area (Å²) < 4.78 is 35.6. The highest BCUT2D eigenvalue weighted by Gasteiger charge is 2.26. The monoisotopic (exact) mass is 502 g/mol. The minimum atomic E-state index is -0.894. The molecule has 5 rings (SSSR count). The van der Waals surface area contributed by atoms with Crippen molar-refractivity contribution in [2.45, 2.75) is 70.9 Å². The van der Waals surface area contributed by atoms with Gasteiger partial charge >= 0.3 is 0 Å².